The van der Waals surface area contributed by atoms with Crippen LogP contribution >= 0.6 is 31.9 Å². The fourth-order valence-corrected chi connectivity index (χ4v) is 4.24. The molecule has 7 heteroatoms. The van der Waals surface area contributed by atoms with Gasteiger partial charge < -0.3 is 9.72 Å². The Kier molecular flexibility index (Phi) is 5.28. The molecule has 0 amide bonds. The number of fused-ring (bicyclic) bond motifs is 1. The van der Waals surface area contributed by atoms with E-state index in [1.54, 1.807) is 48.5 Å². The Morgan fingerprint density at radius 2 is 1.68 bits per heavy atom. The number of benzene rings is 3. The van der Waals surface area contributed by atoms with E-state index in [9.17, 15) is 9.18 Å². The van der Waals surface area contributed by atoms with Gasteiger partial charge in [0, 0.05) is 11.1 Å². The molecule has 3 aromatic carbocycles. The normalized spacial score (nSPS) is 11.0. The number of aromatic nitrogens is 2. The molecule has 0 atom stereocenters. The standard InChI is InChI=1S/C21H13Br2FN2O2/c22-15-9-13(20-25-18-8-4-2-6-14(18)21(27)26-20)10-16(23)19(15)28-11-12-5-1-3-7-17(12)24/h1-10H,11H2,(H,25,26,27). The Morgan fingerprint density at radius 1 is 1.00 bits per heavy atom. The van der Waals surface area contributed by atoms with Crippen molar-refractivity contribution in [3.63, 3.8) is 0 Å². The molecule has 0 radical (unpaired) electrons. The molecule has 0 aliphatic carbocycles. The number of para-hydroxylation sites is 1. The van der Waals surface area contributed by atoms with Gasteiger partial charge in [-0.25, -0.2) is 9.37 Å². The largest absolute Gasteiger partial charge is 0.486 e. The maximum absolute atomic E-state index is 13.8. The predicted molar refractivity (Wildman–Crippen MR) is 114 cm³/mol. The molecule has 4 aromatic rings. The molecule has 4 nitrogen and oxygen atoms in total. The first kappa shape index (κ1) is 18.8. The molecule has 1 heterocycles. The van der Waals surface area contributed by atoms with Crippen LogP contribution in [0.3, 0.4) is 0 Å². The van der Waals surface area contributed by atoms with Gasteiger partial charge in [0.1, 0.15) is 24.0 Å². The van der Waals surface area contributed by atoms with Crippen molar-refractivity contribution in [1.82, 2.24) is 9.97 Å². The lowest BCUT2D eigenvalue weighted by Crippen LogP contribution is -2.09. The topological polar surface area (TPSA) is 55.0 Å². The van der Waals surface area contributed by atoms with E-state index in [-0.39, 0.29) is 18.0 Å². The number of halogens is 3. The van der Waals surface area contributed by atoms with E-state index < -0.39 is 0 Å². The number of hydrogen-bond acceptors (Lipinski definition) is 3. The highest BCUT2D eigenvalue weighted by atomic mass is 79.9. The third-order valence-electron chi connectivity index (χ3n) is 4.21. The quantitative estimate of drug-likeness (QED) is 0.381. The van der Waals surface area contributed by atoms with Crippen molar-refractivity contribution >= 4 is 42.8 Å². The summed E-state index contributed by atoms with van der Waals surface area (Å²) in [6.45, 7) is 0.0915. The number of nitrogens with one attached hydrogen (secondary N) is 1. The second-order valence-corrected chi connectivity index (χ2v) is 7.79. The van der Waals surface area contributed by atoms with Crippen molar-refractivity contribution in [1.29, 1.82) is 0 Å². The molecule has 28 heavy (non-hydrogen) atoms. The molecule has 4 rings (SSSR count). The van der Waals surface area contributed by atoms with E-state index in [1.165, 1.54) is 6.07 Å². The Morgan fingerprint density at radius 3 is 2.43 bits per heavy atom. The van der Waals surface area contributed by atoms with E-state index in [0.717, 1.165) is 0 Å². The summed E-state index contributed by atoms with van der Waals surface area (Å²) in [5, 5.41) is 0.536. The highest BCUT2D eigenvalue weighted by molar-refractivity contribution is 9.11. The second kappa shape index (κ2) is 7.85. The van der Waals surface area contributed by atoms with E-state index in [2.05, 4.69) is 41.8 Å². The Labute approximate surface area is 176 Å². The van der Waals surface area contributed by atoms with E-state index in [4.69, 9.17) is 4.74 Å². The van der Waals surface area contributed by atoms with Crippen molar-refractivity contribution in [3.05, 3.63) is 91.3 Å². The minimum absolute atomic E-state index is 0.0915. The highest BCUT2D eigenvalue weighted by Gasteiger charge is 2.13. The van der Waals surface area contributed by atoms with E-state index in [1.807, 2.05) is 6.07 Å². The van der Waals surface area contributed by atoms with Crippen LogP contribution in [0.15, 0.2) is 74.4 Å². The van der Waals surface area contributed by atoms with Gasteiger partial charge in [-0.2, -0.15) is 0 Å². The lowest BCUT2D eigenvalue weighted by Gasteiger charge is -2.13. The van der Waals surface area contributed by atoms with Crippen molar-refractivity contribution in [2.75, 3.05) is 0 Å². The third kappa shape index (κ3) is 3.72. The zero-order chi connectivity index (χ0) is 19.7. The average molecular weight is 504 g/mol. The molecule has 140 valence electrons. The van der Waals surface area contributed by atoms with E-state index >= 15 is 0 Å². The molecule has 0 aliphatic rings. The van der Waals surface area contributed by atoms with Gasteiger partial charge in [0.2, 0.25) is 0 Å². The zero-order valence-electron chi connectivity index (χ0n) is 14.4. The Balaban J connectivity index is 1.68. The van der Waals surface area contributed by atoms with Crippen LogP contribution in [0.4, 0.5) is 4.39 Å². The first-order valence-electron chi connectivity index (χ1n) is 8.37. The highest BCUT2D eigenvalue weighted by Crippen LogP contribution is 2.37. The Hall–Kier alpha value is -2.51. The molecule has 1 N–H and O–H groups in total. The van der Waals surface area contributed by atoms with E-state index in [0.29, 0.717) is 42.5 Å². The van der Waals surface area contributed by atoms with Crippen LogP contribution in [0.2, 0.25) is 0 Å². The summed E-state index contributed by atoms with van der Waals surface area (Å²) in [5.74, 6) is 0.671. The van der Waals surface area contributed by atoms with Crippen molar-refractivity contribution < 1.29 is 9.13 Å². The molecule has 1 aromatic heterocycles. The smallest absolute Gasteiger partial charge is 0.259 e. The number of ether oxygens (including phenoxy) is 1. The molecular formula is C21H13Br2FN2O2. The van der Waals surface area contributed by atoms with Crippen LogP contribution in [-0.4, -0.2) is 9.97 Å². The molecule has 0 bridgehead atoms. The molecule has 0 spiro atoms. The summed E-state index contributed by atoms with van der Waals surface area (Å²) in [6.07, 6.45) is 0. The van der Waals surface area contributed by atoms with Gasteiger partial charge in [-0.15, -0.1) is 0 Å². The fourth-order valence-electron chi connectivity index (χ4n) is 2.82. The van der Waals surface area contributed by atoms with Crippen LogP contribution < -0.4 is 10.3 Å². The van der Waals surface area contributed by atoms with Gasteiger partial charge in [0.25, 0.3) is 5.56 Å². The van der Waals surface area contributed by atoms with Gasteiger partial charge in [0.15, 0.2) is 0 Å². The maximum Gasteiger partial charge on any atom is 0.259 e. The fraction of sp³-hybridized carbons (Fsp3) is 0.0476. The molecule has 0 fully saturated rings. The number of nitrogens with zero attached hydrogens (tertiary/aromatic N) is 1. The number of H-pyrrole nitrogens is 1. The summed E-state index contributed by atoms with van der Waals surface area (Å²) in [6, 6.07) is 17.2. The van der Waals surface area contributed by atoms with Gasteiger partial charge >= 0.3 is 0 Å². The molecule has 0 saturated carbocycles. The van der Waals surface area contributed by atoms with Crippen molar-refractivity contribution in [2.45, 2.75) is 6.61 Å². The summed E-state index contributed by atoms with van der Waals surface area (Å²) >= 11 is 6.97. The summed E-state index contributed by atoms with van der Waals surface area (Å²) < 4.78 is 20.9. The molecular weight excluding hydrogens is 491 g/mol. The maximum atomic E-state index is 13.8. The summed E-state index contributed by atoms with van der Waals surface area (Å²) in [7, 11) is 0. The second-order valence-electron chi connectivity index (χ2n) is 6.08. The summed E-state index contributed by atoms with van der Waals surface area (Å²) in [5.41, 5.74) is 1.59. The Bertz CT molecular complexity index is 1220. The van der Waals surface area contributed by atoms with Crippen molar-refractivity contribution in [3.8, 4) is 17.1 Å². The molecule has 0 unspecified atom stereocenters. The first-order valence-corrected chi connectivity index (χ1v) is 9.96. The monoisotopic (exact) mass is 502 g/mol. The van der Waals surface area contributed by atoms with Gasteiger partial charge in [0.05, 0.1) is 19.8 Å². The van der Waals surface area contributed by atoms with Gasteiger partial charge in [-0.3, -0.25) is 4.79 Å². The van der Waals surface area contributed by atoms with Crippen LogP contribution in [0.25, 0.3) is 22.3 Å². The number of hydrogen-bond donors (Lipinski definition) is 1. The molecule has 0 aliphatic heterocycles. The predicted octanol–water partition coefficient (Wildman–Crippen LogP) is 5.83. The average Bonchev–Trinajstić information content (AvgIpc) is 2.68. The van der Waals surface area contributed by atoms with Crippen molar-refractivity contribution in [2.24, 2.45) is 0 Å². The lowest BCUT2D eigenvalue weighted by molar-refractivity contribution is 0.296. The lowest BCUT2D eigenvalue weighted by atomic mass is 10.2. The number of rotatable bonds is 4. The van der Waals surface area contributed by atoms with Gasteiger partial charge in [-0.05, 0) is 62.2 Å². The summed E-state index contributed by atoms with van der Waals surface area (Å²) in [4.78, 5) is 19.7. The third-order valence-corrected chi connectivity index (χ3v) is 5.39. The number of aromatic amines is 1. The molecule has 0 saturated heterocycles. The van der Waals surface area contributed by atoms with Crippen LogP contribution in [-0.2, 0) is 6.61 Å². The minimum Gasteiger partial charge on any atom is -0.486 e. The van der Waals surface area contributed by atoms with Crippen LogP contribution in [0.5, 0.6) is 5.75 Å². The van der Waals surface area contributed by atoms with Crippen LogP contribution in [0.1, 0.15) is 5.56 Å². The SMILES string of the molecule is O=c1[nH]c(-c2cc(Br)c(OCc3ccccc3F)c(Br)c2)nc2ccccc12. The zero-order valence-corrected chi connectivity index (χ0v) is 17.6. The minimum atomic E-state index is -0.315. The van der Waals surface area contributed by atoms with Gasteiger partial charge in [-0.1, -0.05) is 30.3 Å². The first-order chi connectivity index (χ1) is 13.5. The van der Waals surface area contributed by atoms with Crippen LogP contribution in [0, 0.1) is 5.82 Å².